The molecule has 3 atom stereocenters. The van der Waals surface area contributed by atoms with Gasteiger partial charge in [-0.05, 0) is 67.5 Å². The number of nitrogens with one attached hydrogen (secondary N) is 1. The summed E-state index contributed by atoms with van der Waals surface area (Å²) >= 11 is 6.31. The molecular formula is C25H40ClN3O3SSi. The van der Waals surface area contributed by atoms with Crippen molar-refractivity contribution in [3.05, 3.63) is 35.1 Å². The van der Waals surface area contributed by atoms with Crippen LogP contribution in [-0.2, 0) is 14.4 Å². The number of benzene rings is 1. The number of aromatic nitrogens is 1. The molecule has 0 spiro atoms. The monoisotopic (exact) mass is 525 g/mol. The van der Waals surface area contributed by atoms with Gasteiger partial charge in [0.05, 0.1) is 5.75 Å². The third-order valence-corrected chi connectivity index (χ3v) is 14.1. The summed E-state index contributed by atoms with van der Waals surface area (Å²) in [6.07, 6.45) is 2.78. The molecule has 1 unspecified atom stereocenters. The van der Waals surface area contributed by atoms with Gasteiger partial charge in [-0.2, -0.15) is 0 Å². The normalized spacial score (nSPS) is 20.4. The zero-order valence-electron chi connectivity index (χ0n) is 21.8. The van der Waals surface area contributed by atoms with E-state index < -0.39 is 18.3 Å². The van der Waals surface area contributed by atoms with Crippen molar-refractivity contribution >= 4 is 46.4 Å². The second-order valence-electron chi connectivity index (χ2n) is 11.2. The Morgan fingerprint density at radius 3 is 2.56 bits per heavy atom. The lowest BCUT2D eigenvalue weighted by Gasteiger charge is -2.48. The topological polar surface area (TPSA) is 71.5 Å². The maximum Gasteiger partial charge on any atom is 0.211 e. The van der Waals surface area contributed by atoms with Gasteiger partial charge < -0.3 is 9.33 Å². The van der Waals surface area contributed by atoms with Gasteiger partial charge in [-0.1, -0.05) is 45.4 Å². The summed E-state index contributed by atoms with van der Waals surface area (Å²) in [5.74, 6) is 0.549. The second-order valence-corrected chi connectivity index (χ2v) is 18.3. The first-order valence-electron chi connectivity index (χ1n) is 12.1. The third-order valence-electron chi connectivity index (χ3n) is 7.89. The van der Waals surface area contributed by atoms with Crippen LogP contribution in [0.25, 0.3) is 10.8 Å². The highest BCUT2D eigenvalue weighted by molar-refractivity contribution is 7.89. The number of sulfonamides is 1. The van der Waals surface area contributed by atoms with Crippen molar-refractivity contribution in [1.82, 2.24) is 9.71 Å². The van der Waals surface area contributed by atoms with Crippen molar-refractivity contribution in [3.63, 3.8) is 0 Å². The summed E-state index contributed by atoms with van der Waals surface area (Å²) < 4.78 is 32.9. The highest BCUT2D eigenvalue weighted by atomic mass is 35.5. The number of fused-ring (bicyclic) bond motifs is 1. The third kappa shape index (κ3) is 5.78. The van der Waals surface area contributed by atoms with Crippen molar-refractivity contribution in [2.45, 2.75) is 71.1 Å². The van der Waals surface area contributed by atoms with E-state index in [0.29, 0.717) is 17.6 Å². The number of hydrogen-bond donors (Lipinski definition) is 1. The molecular weight excluding hydrogens is 486 g/mol. The molecule has 1 aromatic carbocycles. The number of halogens is 1. The van der Waals surface area contributed by atoms with Crippen LogP contribution in [0, 0.1) is 5.92 Å². The van der Waals surface area contributed by atoms with Gasteiger partial charge in [0.25, 0.3) is 0 Å². The van der Waals surface area contributed by atoms with E-state index in [1.54, 1.807) is 0 Å². The Morgan fingerprint density at radius 1 is 1.29 bits per heavy atom. The van der Waals surface area contributed by atoms with Crippen molar-refractivity contribution in [3.8, 4) is 0 Å². The Labute approximate surface area is 211 Å². The molecule has 0 radical (unpaired) electrons. The van der Waals surface area contributed by atoms with E-state index in [4.69, 9.17) is 16.0 Å². The zero-order chi connectivity index (χ0) is 25.5. The first kappa shape index (κ1) is 27.4. The molecule has 2 heterocycles. The zero-order valence-corrected chi connectivity index (χ0v) is 24.3. The van der Waals surface area contributed by atoms with Gasteiger partial charge in [0.2, 0.25) is 10.0 Å². The minimum atomic E-state index is -3.23. The number of pyridine rings is 1. The summed E-state index contributed by atoms with van der Waals surface area (Å²) in [5, 5.41) is 2.84. The fourth-order valence-corrected chi connectivity index (χ4v) is 6.66. The van der Waals surface area contributed by atoms with E-state index in [0.717, 1.165) is 29.5 Å². The van der Waals surface area contributed by atoms with E-state index in [-0.39, 0.29) is 22.8 Å². The number of anilines is 1. The maximum atomic E-state index is 12.0. The fraction of sp³-hybridized carbons (Fsp3) is 0.640. The van der Waals surface area contributed by atoms with Crippen LogP contribution in [0.3, 0.4) is 0 Å². The van der Waals surface area contributed by atoms with Gasteiger partial charge in [-0.25, -0.2) is 18.1 Å². The van der Waals surface area contributed by atoms with Crippen molar-refractivity contribution in [2.24, 2.45) is 5.92 Å². The Bertz CT molecular complexity index is 1130. The van der Waals surface area contributed by atoms with E-state index in [1.165, 1.54) is 12.6 Å². The number of nitrogens with zero attached hydrogens (tertiary/aromatic N) is 2. The summed E-state index contributed by atoms with van der Waals surface area (Å²) in [6, 6.07) is 6.42. The van der Waals surface area contributed by atoms with Crippen molar-refractivity contribution in [2.75, 3.05) is 30.9 Å². The fourth-order valence-electron chi connectivity index (χ4n) is 4.33. The Balaban J connectivity index is 1.81. The molecule has 1 aliphatic rings. The molecule has 1 N–H and O–H groups in total. The van der Waals surface area contributed by atoms with Crippen molar-refractivity contribution < 1.29 is 12.8 Å². The molecule has 1 aromatic heterocycles. The van der Waals surface area contributed by atoms with Crippen LogP contribution in [0.1, 0.15) is 52.5 Å². The highest BCUT2D eigenvalue weighted by Gasteiger charge is 2.39. The lowest BCUT2D eigenvalue weighted by molar-refractivity contribution is 0.274. The number of hydrogen-bond acceptors (Lipinski definition) is 5. The summed E-state index contributed by atoms with van der Waals surface area (Å²) in [5.41, 5.74) is 2.32. The van der Waals surface area contributed by atoms with Gasteiger partial charge in [-0.3, -0.25) is 0 Å². The van der Waals surface area contributed by atoms with Crippen LogP contribution in [-0.4, -0.2) is 53.7 Å². The molecule has 1 saturated heterocycles. The summed E-state index contributed by atoms with van der Waals surface area (Å²) in [7, 11) is -3.54. The average Bonchev–Trinajstić information content (AvgIpc) is 2.74. The quantitative estimate of drug-likeness (QED) is 0.332. The number of rotatable bonds is 9. The molecule has 0 bridgehead atoms. The second kappa shape index (κ2) is 10.0. The molecule has 3 rings (SSSR count). The minimum absolute atomic E-state index is 0.0962. The van der Waals surface area contributed by atoms with Crippen LogP contribution in [0.4, 0.5) is 5.69 Å². The lowest BCUT2D eigenvalue weighted by atomic mass is 9.88. The van der Waals surface area contributed by atoms with E-state index in [9.17, 15) is 8.42 Å². The minimum Gasteiger partial charge on any atom is -0.417 e. The molecule has 34 heavy (non-hydrogen) atoms. The van der Waals surface area contributed by atoms with E-state index in [1.807, 2.05) is 12.3 Å². The molecule has 0 saturated carbocycles. The van der Waals surface area contributed by atoms with Crippen LogP contribution < -0.4 is 9.62 Å². The van der Waals surface area contributed by atoms with Gasteiger partial charge in [0.15, 0.2) is 8.32 Å². The van der Waals surface area contributed by atoms with Crippen molar-refractivity contribution in [1.29, 1.82) is 0 Å². The van der Waals surface area contributed by atoms with Gasteiger partial charge in [0, 0.05) is 42.4 Å². The first-order valence-corrected chi connectivity index (χ1v) is 17.0. The summed E-state index contributed by atoms with van der Waals surface area (Å²) in [4.78, 5) is 6.63. The van der Waals surface area contributed by atoms with Crippen LogP contribution in [0.15, 0.2) is 24.4 Å². The Hall–Kier alpha value is -1.19. The predicted octanol–water partition coefficient (Wildman–Crippen LogP) is 5.78. The SMILES string of the molecule is CNS(=O)(=O)C[C@H]1CN(c2ccc(C(C)CCO[Si](C)(C)C(C)(C)C)c3cc(Cl)ncc23)[C@@H]1C. The van der Waals surface area contributed by atoms with Crippen LogP contribution >= 0.6 is 11.6 Å². The molecule has 0 amide bonds. The first-order chi connectivity index (χ1) is 15.7. The molecule has 9 heteroatoms. The summed E-state index contributed by atoms with van der Waals surface area (Å²) in [6.45, 7) is 17.1. The van der Waals surface area contributed by atoms with E-state index >= 15 is 0 Å². The highest BCUT2D eigenvalue weighted by Crippen LogP contribution is 2.40. The molecule has 1 aliphatic heterocycles. The molecule has 1 fully saturated rings. The van der Waals surface area contributed by atoms with Gasteiger partial charge >= 0.3 is 0 Å². The molecule has 6 nitrogen and oxygen atoms in total. The average molecular weight is 526 g/mol. The molecule has 0 aliphatic carbocycles. The Kier molecular flexibility index (Phi) is 8.10. The Morgan fingerprint density at radius 2 is 1.97 bits per heavy atom. The maximum absolute atomic E-state index is 12.0. The van der Waals surface area contributed by atoms with E-state index in [2.05, 4.69) is 74.5 Å². The smallest absolute Gasteiger partial charge is 0.211 e. The van der Waals surface area contributed by atoms with Gasteiger partial charge in [-0.15, -0.1) is 0 Å². The van der Waals surface area contributed by atoms with Crippen LogP contribution in [0.5, 0.6) is 0 Å². The molecule has 190 valence electrons. The molecule has 2 aromatic rings. The standard InChI is InChI=1S/C25H40ClN3O3SSi/c1-17(11-12-32-34(7,8)25(3,4)5)20-9-10-23(22-14-28-24(26)13-21(20)22)29-15-19(18(29)2)16-33(30,31)27-6/h9-10,13-14,17-19,27H,11-12,15-16H2,1-8H3/t17?,18-,19-/m1/s1. The largest absolute Gasteiger partial charge is 0.417 e. The predicted molar refractivity (Wildman–Crippen MR) is 146 cm³/mol. The lowest BCUT2D eigenvalue weighted by Crippen LogP contribution is -2.57. The van der Waals surface area contributed by atoms with Gasteiger partial charge in [0.1, 0.15) is 5.15 Å². The van der Waals surface area contributed by atoms with Crippen LogP contribution in [0.2, 0.25) is 23.3 Å².